The number of hydrogen-bond donors (Lipinski definition) is 11. The number of carbonyl (C=O) groups excluding carboxylic acids is 7. The summed E-state index contributed by atoms with van der Waals surface area (Å²) in [6, 6.07) is -9.25. The van der Waals surface area contributed by atoms with Crippen LogP contribution in [0.3, 0.4) is 0 Å². The van der Waals surface area contributed by atoms with E-state index in [1.807, 2.05) is 47.8 Å². The van der Waals surface area contributed by atoms with Gasteiger partial charge < -0.3 is 53.2 Å². The number of nitrogens with one attached hydrogen (secondary N) is 7. The van der Waals surface area contributed by atoms with Gasteiger partial charge in [0.2, 0.25) is 41.4 Å². The summed E-state index contributed by atoms with van der Waals surface area (Å²) in [5, 5.41) is 37.0. The average molecular weight is 891 g/mol. The van der Waals surface area contributed by atoms with E-state index >= 15 is 0 Å². The molecular formula is C40H74N8O10S2. The maximum absolute atomic E-state index is 14.0. The molecule has 0 saturated carbocycles. The molecule has 60 heavy (non-hydrogen) atoms. The molecule has 0 rings (SSSR count). The molecule has 0 unspecified atom stereocenters. The van der Waals surface area contributed by atoms with E-state index in [0.717, 1.165) is 0 Å². The molecule has 8 atom stereocenters. The lowest BCUT2D eigenvalue weighted by Gasteiger charge is -2.29. The van der Waals surface area contributed by atoms with Gasteiger partial charge in [0.25, 0.3) is 0 Å². The molecule has 7 amide bonds. The fourth-order valence-corrected chi connectivity index (χ4v) is 6.73. The largest absolute Gasteiger partial charge is 0.480 e. The number of amides is 7. The lowest BCUT2D eigenvalue weighted by Crippen LogP contribution is -2.61. The van der Waals surface area contributed by atoms with Gasteiger partial charge in [0.05, 0.1) is 12.6 Å². The molecule has 0 aromatic carbocycles. The average Bonchev–Trinajstić information content (AvgIpc) is 3.14. The first-order valence-corrected chi connectivity index (χ1v) is 22.7. The smallest absolute Gasteiger partial charge is 0.328 e. The molecule has 0 spiro atoms. The van der Waals surface area contributed by atoms with Gasteiger partial charge in [-0.3, -0.25) is 33.6 Å². The van der Waals surface area contributed by atoms with Crippen LogP contribution >= 0.6 is 24.4 Å². The van der Waals surface area contributed by atoms with E-state index in [1.54, 1.807) is 39.5 Å². The lowest BCUT2D eigenvalue weighted by molar-refractivity contribution is -0.143. The standard InChI is InChI=1S/C40H74N8O10S2/c1-20(2)14-26(42-35(52)29(17-23(7)8)45-39(56)32(24(9)10)48-33(50)25(41)12-13-60-11)34(51)43-28(16-22(5)6)37(54)47-31(19-59)38(55)44-27(15-21(3)4)36(53)46-30(18-49)40(57)58/h20-32,49,59H,12-19,41H2,1-11H3,(H,42,52)(H,43,51)(H,44,55)(H,45,56)(H,46,53)(H,47,54)(H,48,50)(H,57,58)/t25-,26-,27-,28-,29-,30-,31-,32-/m0/s1. The summed E-state index contributed by atoms with van der Waals surface area (Å²) in [5.74, 6) is -6.44. The third-order valence-electron chi connectivity index (χ3n) is 9.19. The predicted octanol–water partition coefficient (Wildman–Crippen LogP) is 0.308. The first kappa shape index (κ1) is 56.4. The zero-order valence-electron chi connectivity index (χ0n) is 37.3. The summed E-state index contributed by atoms with van der Waals surface area (Å²) < 4.78 is 0. The van der Waals surface area contributed by atoms with E-state index in [4.69, 9.17) is 5.73 Å². The predicted molar refractivity (Wildman–Crippen MR) is 236 cm³/mol. The third-order valence-corrected chi connectivity index (χ3v) is 10.2. The summed E-state index contributed by atoms with van der Waals surface area (Å²) in [4.78, 5) is 106. The van der Waals surface area contributed by atoms with Crippen LogP contribution in [0.1, 0.15) is 101 Å². The molecule has 0 heterocycles. The lowest BCUT2D eigenvalue weighted by atomic mass is 9.97. The Morgan fingerprint density at radius 1 is 0.517 bits per heavy atom. The highest BCUT2D eigenvalue weighted by Gasteiger charge is 2.35. The van der Waals surface area contributed by atoms with Crippen LogP contribution in [-0.2, 0) is 38.4 Å². The van der Waals surface area contributed by atoms with Crippen LogP contribution in [0.4, 0.5) is 0 Å². The molecule has 0 aliphatic heterocycles. The Bertz CT molecular complexity index is 1420. The number of aliphatic carboxylic acids is 1. The first-order valence-electron chi connectivity index (χ1n) is 20.7. The van der Waals surface area contributed by atoms with Gasteiger partial charge in [0.1, 0.15) is 42.3 Å². The number of nitrogens with two attached hydrogens (primary N) is 1. The Labute approximate surface area is 365 Å². The van der Waals surface area contributed by atoms with E-state index in [-0.39, 0.29) is 61.0 Å². The number of thiol groups is 1. The van der Waals surface area contributed by atoms with Gasteiger partial charge >= 0.3 is 5.97 Å². The van der Waals surface area contributed by atoms with E-state index in [1.165, 1.54) is 0 Å². The summed E-state index contributed by atoms with van der Waals surface area (Å²) in [6.45, 7) is 17.3. The van der Waals surface area contributed by atoms with Gasteiger partial charge in [-0.15, -0.1) is 0 Å². The highest BCUT2D eigenvalue weighted by atomic mass is 32.2. The summed E-state index contributed by atoms with van der Waals surface area (Å²) in [7, 11) is 0. The molecule has 0 bridgehead atoms. The van der Waals surface area contributed by atoms with E-state index in [0.29, 0.717) is 12.2 Å². The number of carboxylic acid groups (broad SMARTS) is 1. The van der Waals surface area contributed by atoms with Crippen LogP contribution in [-0.4, -0.2) is 130 Å². The number of carbonyl (C=O) groups is 8. The Kier molecular flexibility index (Phi) is 27.1. The Balaban J connectivity index is 6.26. The minimum absolute atomic E-state index is 0.0567. The number of hydrogen-bond acceptors (Lipinski definition) is 12. The maximum Gasteiger partial charge on any atom is 0.328 e. The van der Waals surface area contributed by atoms with Gasteiger partial charge in [0.15, 0.2) is 0 Å². The molecule has 0 fully saturated rings. The monoisotopic (exact) mass is 890 g/mol. The van der Waals surface area contributed by atoms with Crippen molar-refractivity contribution in [3.8, 4) is 0 Å². The van der Waals surface area contributed by atoms with Crippen molar-refractivity contribution in [2.24, 2.45) is 35.3 Å². The topological polar surface area (TPSA) is 287 Å². The molecular weight excluding hydrogens is 817 g/mol. The van der Waals surface area contributed by atoms with Crippen LogP contribution in [0.15, 0.2) is 0 Å². The number of carboxylic acids is 1. The summed E-state index contributed by atoms with van der Waals surface area (Å²) in [6.07, 6.45) is 2.97. The number of rotatable bonds is 29. The third kappa shape index (κ3) is 21.8. The molecule has 0 aliphatic rings. The molecule has 0 saturated heterocycles. The van der Waals surface area contributed by atoms with Crippen LogP contribution in [0.25, 0.3) is 0 Å². The maximum atomic E-state index is 14.0. The molecule has 20 heteroatoms. The molecule has 0 aromatic rings. The number of aliphatic hydroxyl groups excluding tert-OH is 1. The van der Waals surface area contributed by atoms with Crippen LogP contribution in [0, 0.1) is 29.6 Å². The Morgan fingerprint density at radius 2 is 0.833 bits per heavy atom. The molecule has 0 radical (unpaired) electrons. The Hall–Kier alpha value is -3.62. The van der Waals surface area contributed by atoms with Crippen molar-refractivity contribution in [2.45, 2.75) is 150 Å². The molecule has 0 aromatic heterocycles. The molecule has 346 valence electrons. The van der Waals surface area contributed by atoms with E-state index in [2.05, 4.69) is 49.8 Å². The normalized spacial score (nSPS) is 15.6. The molecule has 0 aliphatic carbocycles. The first-order chi connectivity index (χ1) is 27.9. The van der Waals surface area contributed by atoms with Crippen molar-refractivity contribution in [2.75, 3.05) is 24.4 Å². The van der Waals surface area contributed by atoms with Crippen LogP contribution in [0.2, 0.25) is 0 Å². The molecule has 18 nitrogen and oxygen atoms in total. The second-order valence-electron chi connectivity index (χ2n) is 17.2. The second-order valence-corrected chi connectivity index (χ2v) is 18.6. The Morgan fingerprint density at radius 3 is 1.12 bits per heavy atom. The highest BCUT2D eigenvalue weighted by Crippen LogP contribution is 2.13. The molecule has 11 N–H and O–H groups in total. The minimum atomic E-state index is -1.59. The van der Waals surface area contributed by atoms with Crippen LogP contribution < -0.4 is 43.0 Å². The minimum Gasteiger partial charge on any atom is -0.480 e. The zero-order chi connectivity index (χ0) is 46.4. The summed E-state index contributed by atoms with van der Waals surface area (Å²) >= 11 is 5.78. The van der Waals surface area contributed by atoms with Gasteiger partial charge in [-0.25, -0.2) is 4.79 Å². The van der Waals surface area contributed by atoms with Gasteiger partial charge in [-0.05, 0) is 73.7 Å². The fraction of sp³-hybridized carbons (Fsp3) is 0.800. The highest BCUT2D eigenvalue weighted by molar-refractivity contribution is 7.98. The number of thioether (sulfide) groups is 1. The van der Waals surface area contributed by atoms with Crippen molar-refractivity contribution in [3.63, 3.8) is 0 Å². The van der Waals surface area contributed by atoms with Gasteiger partial charge in [-0.1, -0.05) is 69.2 Å². The quantitative estimate of drug-likeness (QED) is 0.0453. The van der Waals surface area contributed by atoms with E-state index < -0.39 is 102 Å². The SMILES string of the molecule is CSCC[C@H](N)C(=O)N[C@H](C(=O)N[C@@H](CC(C)C)C(=O)N[C@@H](CC(C)C)C(=O)N[C@@H](CC(C)C)C(=O)N[C@@H](CS)C(=O)N[C@@H](CC(C)C)C(=O)N[C@@H](CO)C(=O)O)C(C)C. The van der Waals surface area contributed by atoms with Crippen molar-refractivity contribution in [3.05, 3.63) is 0 Å². The fourth-order valence-electron chi connectivity index (χ4n) is 5.99. The van der Waals surface area contributed by atoms with Crippen molar-refractivity contribution in [1.29, 1.82) is 0 Å². The van der Waals surface area contributed by atoms with Crippen molar-refractivity contribution in [1.82, 2.24) is 37.2 Å². The zero-order valence-corrected chi connectivity index (χ0v) is 39.0. The second kappa shape index (κ2) is 28.8. The van der Waals surface area contributed by atoms with E-state index in [9.17, 15) is 48.6 Å². The van der Waals surface area contributed by atoms with Gasteiger partial charge in [0, 0.05) is 5.75 Å². The number of aliphatic hydroxyl groups is 1. The van der Waals surface area contributed by atoms with Crippen molar-refractivity contribution < 1.29 is 48.6 Å². The van der Waals surface area contributed by atoms with Gasteiger partial charge in [-0.2, -0.15) is 24.4 Å². The van der Waals surface area contributed by atoms with Crippen molar-refractivity contribution >= 4 is 71.7 Å². The summed E-state index contributed by atoms with van der Waals surface area (Å²) in [5.41, 5.74) is 6.04. The van der Waals surface area contributed by atoms with Crippen LogP contribution in [0.5, 0.6) is 0 Å².